The molecule has 1 heterocycles. The Balaban J connectivity index is 1.44. The minimum atomic E-state index is -1.51. The molecular formula is C42H40N2O12. The lowest BCUT2D eigenvalue weighted by Gasteiger charge is -2.45. The Morgan fingerprint density at radius 1 is 0.625 bits per heavy atom. The predicted molar refractivity (Wildman–Crippen MR) is 202 cm³/mol. The first kappa shape index (κ1) is 39.7. The lowest BCUT2D eigenvalue weighted by Crippen LogP contribution is -2.62. The van der Waals surface area contributed by atoms with E-state index in [1.165, 1.54) is 0 Å². The number of nitro groups is 2. The third kappa shape index (κ3) is 10.4. The minimum Gasteiger partial charge on any atom is -0.465 e. The molecule has 1 aliphatic rings. The van der Waals surface area contributed by atoms with Crippen LogP contribution in [0.25, 0.3) is 0 Å². The van der Waals surface area contributed by atoms with Crippen molar-refractivity contribution in [1.29, 1.82) is 0 Å². The van der Waals surface area contributed by atoms with Crippen LogP contribution in [0, 0.1) is 20.2 Å². The highest BCUT2D eigenvalue weighted by molar-refractivity contribution is 5.95. The van der Waals surface area contributed by atoms with Gasteiger partial charge in [-0.2, -0.15) is 0 Å². The second-order valence-electron chi connectivity index (χ2n) is 12.8. The lowest BCUT2D eigenvalue weighted by molar-refractivity contribution is -0.395. The molecule has 0 saturated carbocycles. The van der Waals surface area contributed by atoms with Crippen molar-refractivity contribution in [2.45, 2.75) is 57.1 Å². The number of ether oxygens (including phenoxy) is 7. The standard InChI is InChI=1S/C42H40N2O12/c1-50-41(45)34-22-33(43(46)47)23-35(44(48)49)37(34)56-42-40(54-27-32-20-12-5-13-21-32)39(53-26-31-18-10-4-11-19-31)38(52-25-30-16-8-3-9-17-30)36(55-42)28-51-24-29-14-6-2-7-15-29/h2-23,36,38-40,42H,24-28H2,1H3/t36-,38-,39+,40-,42-/m1/s1. The van der Waals surface area contributed by atoms with E-state index in [0.29, 0.717) is 6.07 Å². The molecule has 5 atom stereocenters. The predicted octanol–water partition coefficient (Wildman–Crippen LogP) is 7.37. The average Bonchev–Trinajstić information content (AvgIpc) is 3.23. The molecule has 1 fully saturated rings. The van der Waals surface area contributed by atoms with Gasteiger partial charge in [-0.15, -0.1) is 0 Å². The second kappa shape index (κ2) is 19.5. The molecule has 0 radical (unpaired) electrons. The van der Waals surface area contributed by atoms with Gasteiger partial charge in [0.15, 0.2) is 0 Å². The maximum atomic E-state index is 13.1. The molecule has 290 valence electrons. The summed E-state index contributed by atoms with van der Waals surface area (Å²) in [5.41, 5.74) is 1.30. The molecule has 56 heavy (non-hydrogen) atoms. The van der Waals surface area contributed by atoms with Crippen LogP contribution < -0.4 is 4.74 Å². The Morgan fingerprint density at radius 3 is 1.55 bits per heavy atom. The summed E-state index contributed by atoms with van der Waals surface area (Å²) < 4.78 is 43.9. The lowest BCUT2D eigenvalue weighted by atomic mass is 9.97. The van der Waals surface area contributed by atoms with Gasteiger partial charge in [-0.3, -0.25) is 20.2 Å². The third-order valence-corrected chi connectivity index (χ3v) is 8.94. The van der Waals surface area contributed by atoms with E-state index in [-0.39, 0.29) is 33.0 Å². The van der Waals surface area contributed by atoms with Crippen LogP contribution in [-0.4, -0.2) is 60.2 Å². The number of benzene rings is 5. The molecule has 0 N–H and O–H groups in total. The Labute approximate surface area is 322 Å². The first-order valence-corrected chi connectivity index (χ1v) is 17.8. The van der Waals surface area contributed by atoms with Gasteiger partial charge in [0.05, 0.1) is 56.1 Å². The van der Waals surface area contributed by atoms with Crippen LogP contribution in [0.15, 0.2) is 133 Å². The summed E-state index contributed by atoms with van der Waals surface area (Å²) in [6.07, 6.45) is -5.42. The van der Waals surface area contributed by atoms with Gasteiger partial charge < -0.3 is 33.2 Å². The van der Waals surface area contributed by atoms with Crippen molar-refractivity contribution in [3.63, 3.8) is 0 Å². The first-order chi connectivity index (χ1) is 27.3. The molecule has 0 aromatic heterocycles. The van der Waals surface area contributed by atoms with Gasteiger partial charge in [0.2, 0.25) is 12.0 Å². The summed E-state index contributed by atoms with van der Waals surface area (Å²) in [6.45, 7) is 0.481. The Morgan fingerprint density at radius 2 is 1.09 bits per heavy atom. The summed E-state index contributed by atoms with van der Waals surface area (Å²) >= 11 is 0. The van der Waals surface area contributed by atoms with Crippen molar-refractivity contribution in [1.82, 2.24) is 0 Å². The SMILES string of the molecule is COC(=O)c1cc([N+](=O)[O-])cc([N+](=O)[O-])c1O[C@H]1O[C@H](COCc2ccccc2)[C@@H](OCc2ccccc2)[C@H](OCc2ccccc2)[C@H]1OCc1ccccc1. The number of esters is 1. The molecular weight excluding hydrogens is 724 g/mol. The Kier molecular flexibility index (Phi) is 13.8. The number of nitro benzene ring substituents is 2. The topological polar surface area (TPSA) is 168 Å². The fourth-order valence-electron chi connectivity index (χ4n) is 6.18. The van der Waals surface area contributed by atoms with Crippen LogP contribution in [0.2, 0.25) is 0 Å². The molecule has 6 rings (SSSR count). The maximum absolute atomic E-state index is 13.1. The summed E-state index contributed by atoms with van der Waals surface area (Å²) in [7, 11) is 1.04. The highest BCUT2D eigenvalue weighted by Gasteiger charge is 2.50. The van der Waals surface area contributed by atoms with E-state index in [1.54, 1.807) is 0 Å². The van der Waals surface area contributed by atoms with E-state index < -0.39 is 69.2 Å². The van der Waals surface area contributed by atoms with Crippen molar-refractivity contribution in [2.24, 2.45) is 0 Å². The zero-order valence-corrected chi connectivity index (χ0v) is 30.4. The smallest absolute Gasteiger partial charge is 0.342 e. The summed E-state index contributed by atoms with van der Waals surface area (Å²) in [4.78, 5) is 35.6. The van der Waals surface area contributed by atoms with E-state index >= 15 is 0 Å². The number of hydrogen-bond donors (Lipinski definition) is 0. The number of non-ortho nitro benzene ring substituents is 1. The number of carbonyl (C=O) groups is 1. The van der Waals surface area contributed by atoms with Gasteiger partial charge in [0, 0.05) is 6.07 Å². The number of hydrogen-bond acceptors (Lipinski definition) is 12. The minimum absolute atomic E-state index is 0.0344. The van der Waals surface area contributed by atoms with E-state index in [9.17, 15) is 25.0 Å². The molecule has 0 aliphatic carbocycles. The molecule has 5 aromatic carbocycles. The summed E-state index contributed by atoms with van der Waals surface area (Å²) in [5.74, 6) is -1.71. The quantitative estimate of drug-likeness (QED) is 0.0494. The van der Waals surface area contributed by atoms with Gasteiger partial charge in [-0.05, 0) is 22.3 Å². The zero-order valence-electron chi connectivity index (χ0n) is 30.4. The highest BCUT2D eigenvalue weighted by atomic mass is 16.7. The summed E-state index contributed by atoms with van der Waals surface area (Å²) in [6, 6.07) is 39.3. The number of rotatable bonds is 18. The first-order valence-electron chi connectivity index (χ1n) is 17.8. The normalized spacial score (nSPS) is 19.2. The van der Waals surface area contributed by atoms with Crippen molar-refractivity contribution in [3.8, 4) is 5.75 Å². The van der Waals surface area contributed by atoms with Crippen molar-refractivity contribution in [2.75, 3.05) is 13.7 Å². The largest absolute Gasteiger partial charge is 0.465 e. The molecule has 1 saturated heterocycles. The second-order valence-corrected chi connectivity index (χ2v) is 12.8. The zero-order chi connectivity index (χ0) is 39.3. The molecule has 14 heteroatoms. The molecule has 0 bridgehead atoms. The van der Waals surface area contributed by atoms with Gasteiger partial charge in [0.25, 0.3) is 5.69 Å². The fourth-order valence-corrected chi connectivity index (χ4v) is 6.18. The molecule has 14 nitrogen and oxygen atoms in total. The Bertz CT molecular complexity index is 2040. The van der Waals surface area contributed by atoms with E-state index in [4.69, 9.17) is 33.2 Å². The maximum Gasteiger partial charge on any atom is 0.342 e. The molecule has 5 aromatic rings. The van der Waals surface area contributed by atoms with E-state index in [1.807, 2.05) is 121 Å². The van der Waals surface area contributed by atoms with Crippen LogP contribution >= 0.6 is 0 Å². The van der Waals surface area contributed by atoms with Crippen LogP contribution in [-0.2, 0) is 54.8 Å². The summed E-state index contributed by atoms with van der Waals surface area (Å²) in [5, 5.41) is 24.2. The van der Waals surface area contributed by atoms with Crippen molar-refractivity contribution >= 4 is 17.3 Å². The third-order valence-electron chi connectivity index (χ3n) is 8.94. The molecule has 0 amide bonds. The average molecular weight is 765 g/mol. The van der Waals surface area contributed by atoms with E-state index in [2.05, 4.69) is 0 Å². The van der Waals surface area contributed by atoms with Gasteiger partial charge in [-0.1, -0.05) is 121 Å². The monoisotopic (exact) mass is 764 g/mol. The van der Waals surface area contributed by atoms with Gasteiger partial charge >= 0.3 is 11.7 Å². The Hall–Kier alpha value is -6.03. The van der Waals surface area contributed by atoms with Crippen molar-refractivity contribution in [3.05, 3.63) is 182 Å². The number of carbonyl (C=O) groups excluding carboxylic acids is 1. The molecule has 0 spiro atoms. The van der Waals surface area contributed by atoms with E-state index in [0.717, 1.165) is 35.4 Å². The molecule has 1 aliphatic heterocycles. The number of nitrogens with zero attached hydrogens (tertiary/aromatic N) is 2. The number of methoxy groups -OCH3 is 1. The van der Waals surface area contributed by atoms with Crippen LogP contribution in [0.5, 0.6) is 5.75 Å². The van der Waals surface area contributed by atoms with Crippen LogP contribution in [0.3, 0.4) is 0 Å². The highest BCUT2D eigenvalue weighted by Crippen LogP contribution is 2.40. The van der Waals surface area contributed by atoms with Crippen molar-refractivity contribution < 1.29 is 47.8 Å². The van der Waals surface area contributed by atoms with Crippen LogP contribution in [0.1, 0.15) is 32.6 Å². The van der Waals surface area contributed by atoms with Gasteiger partial charge in [0.1, 0.15) is 30.0 Å². The molecule has 0 unspecified atom stereocenters. The fraction of sp³-hybridized carbons (Fsp3) is 0.262. The van der Waals surface area contributed by atoms with Crippen LogP contribution in [0.4, 0.5) is 11.4 Å². The van der Waals surface area contributed by atoms with Gasteiger partial charge in [-0.25, -0.2) is 4.79 Å².